The van der Waals surface area contributed by atoms with E-state index in [9.17, 15) is 0 Å². The van der Waals surface area contributed by atoms with Gasteiger partial charge in [0, 0.05) is 5.56 Å². The van der Waals surface area contributed by atoms with Crippen LogP contribution in [0.3, 0.4) is 0 Å². The van der Waals surface area contributed by atoms with Crippen molar-refractivity contribution in [3.05, 3.63) is 35.2 Å². The van der Waals surface area contributed by atoms with Gasteiger partial charge in [0.05, 0.1) is 6.54 Å². The van der Waals surface area contributed by atoms with E-state index in [1.807, 2.05) is 6.07 Å². The van der Waals surface area contributed by atoms with Gasteiger partial charge in [0.15, 0.2) is 0 Å². The number of benzene rings is 1. The fourth-order valence-corrected chi connectivity index (χ4v) is 1.82. The van der Waals surface area contributed by atoms with E-state index in [1.54, 1.807) is 0 Å². The van der Waals surface area contributed by atoms with Crippen LogP contribution in [0.2, 0.25) is 0 Å². The number of rotatable bonds is 2. The molecule has 0 aliphatic carbocycles. The Hall–Kier alpha value is -1.68. The van der Waals surface area contributed by atoms with Gasteiger partial charge in [0.25, 0.3) is 0 Å². The van der Waals surface area contributed by atoms with E-state index in [0.717, 1.165) is 11.1 Å². The van der Waals surface area contributed by atoms with Crippen molar-refractivity contribution in [2.75, 3.05) is 0 Å². The molecule has 0 bridgehead atoms. The van der Waals surface area contributed by atoms with Crippen LogP contribution < -0.4 is 5.73 Å². The highest BCUT2D eigenvalue weighted by Crippen LogP contribution is 2.28. The number of hydrogen-bond acceptors (Lipinski definition) is 4. The molecule has 0 fully saturated rings. The van der Waals surface area contributed by atoms with Gasteiger partial charge in [-0.1, -0.05) is 32.9 Å². The third kappa shape index (κ3) is 2.43. The van der Waals surface area contributed by atoms with Gasteiger partial charge in [0.2, 0.25) is 11.8 Å². The van der Waals surface area contributed by atoms with E-state index < -0.39 is 0 Å². The lowest BCUT2D eigenvalue weighted by atomic mass is 9.85. The fourth-order valence-electron chi connectivity index (χ4n) is 1.82. The molecule has 4 nitrogen and oxygen atoms in total. The number of aromatic nitrogens is 2. The van der Waals surface area contributed by atoms with Crippen LogP contribution >= 0.6 is 0 Å². The van der Waals surface area contributed by atoms with Gasteiger partial charge in [-0.25, -0.2) is 0 Å². The second-order valence-corrected chi connectivity index (χ2v) is 5.48. The van der Waals surface area contributed by atoms with Gasteiger partial charge in [-0.2, -0.15) is 0 Å². The monoisotopic (exact) mass is 245 g/mol. The van der Waals surface area contributed by atoms with Gasteiger partial charge < -0.3 is 10.2 Å². The maximum Gasteiger partial charge on any atom is 0.248 e. The van der Waals surface area contributed by atoms with Crippen LogP contribution in [-0.4, -0.2) is 10.2 Å². The summed E-state index contributed by atoms with van der Waals surface area (Å²) in [5.41, 5.74) is 9.00. The van der Waals surface area contributed by atoms with E-state index in [0.29, 0.717) is 11.8 Å². The molecule has 0 spiro atoms. The standard InChI is InChI=1S/C14H19N3O/c1-9-7-10(14(2,3)4)5-6-11(9)13-17-16-12(8-15)18-13/h5-7H,8,15H2,1-4H3. The zero-order chi connectivity index (χ0) is 13.3. The zero-order valence-electron chi connectivity index (χ0n) is 11.3. The van der Waals surface area contributed by atoms with E-state index in [-0.39, 0.29) is 12.0 Å². The Morgan fingerprint density at radius 2 is 1.94 bits per heavy atom. The van der Waals surface area contributed by atoms with E-state index in [2.05, 4.69) is 50.0 Å². The summed E-state index contributed by atoms with van der Waals surface area (Å²) in [6.07, 6.45) is 0. The summed E-state index contributed by atoms with van der Waals surface area (Å²) in [7, 11) is 0. The first-order valence-electron chi connectivity index (χ1n) is 6.06. The molecule has 2 aromatic rings. The fraction of sp³-hybridized carbons (Fsp3) is 0.429. The molecule has 4 heteroatoms. The Labute approximate surface area is 107 Å². The third-order valence-corrected chi connectivity index (χ3v) is 2.96. The quantitative estimate of drug-likeness (QED) is 0.883. The topological polar surface area (TPSA) is 64.9 Å². The minimum absolute atomic E-state index is 0.139. The molecule has 2 rings (SSSR count). The normalized spacial score (nSPS) is 11.8. The summed E-state index contributed by atoms with van der Waals surface area (Å²) in [6.45, 7) is 8.91. The summed E-state index contributed by atoms with van der Waals surface area (Å²) in [6, 6.07) is 6.31. The summed E-state index contributed by atoms with van der Waals surface area (Å²) < 4.78 is 5.48. The third-order valence-electron chi connectivity index (χ3n) is 2.96. The predicted octanol–water partition coefficient (Wildman–Crippen LogP) is 2.80. The van der Waals surface area contributed by atoms with Crippen molar-refractivity contribution < 1.29 is 4.42 Å². The number of aryl methyl sites for hydroxylation is 1. The molecule has 0 saturated heterocycles. The first kappa shape index (κ1) is 12.8. The summed E-state index contributed by atoms with van der Waals surface area (Å²) in [5, 5.41) is 7.89. The number of hydrogen-bond donors (Lipinski definition) is 1. The lowest BCUT2D eigenvalue weighted by molar-refractivity contribution is 0.508. The number of nitrogens with two attached hydrogens (primary N) is 1. The molecule has 1 heterocycles. The van der Waals surface area contributed by atoms with Gasteiger partial charge in [-0.15, -0.1) is 10.2 Å². The maximum atomic E-state index is 5.48. The smallest absolute Gasteiger partial charge is 0.248 e. The Bertz CT molecular complexity index is 552. The van der Waals surface area contributed by atoms with Crippen molar-refractivity contribution in [1.29, 1.82) is 0 Å². The highest BCUT2D eigenvalue weighted by Gasteiger charge is 2.16. The average molecular weight is 245 g/mol. The van der Waals surface area contributed by atoms with Crippen LogP contribution in [0.25, 0.3) is 11.5 Å². The Morgan fingerprint density at radius 1 is 1.22 bits per heavy atom. The second kappa shape index (κ2) is 4.53. The molecule has 2 N–H and O–H groups in total. The minimum Gasteiger partial charge on any atom is -0.419 e. The van der Waals surface area contributed by atoms with E-state index in [1.165, 1.54) is 5.56 Å². The van der Waals surface area contributed by atoms with Crippen LogP contribution in [-0.2, 0) is 12.0 Å². The lowest BCUT2D eigenvalue weighted by Crippen LogP contribution is -2.11. The molecule has 0 aliphatic rings. The Balaban J connectivity index is 2.41. The highest BCUT2D eigenvalue weighted by molar-refractivity contribution is 5.59. The molecule has 0 amide bonds. The molecule has 1 aromatic carbocycles. The largest absolute Gasteiger partial charge is 0.419 e. The Kier molecular flexibility index (Phi) is 3.22. The first-order valence-corrected chi connectivity index (χ1v) is 6.06. The molecule has 96 valence electrons. The van der Waals surface area contributed by atoms with Crippen LogP contribution in [0, 0.1) is 6.92 Å². The van der Waals surface area contributed by atoms with Crippen molar-refractivity contribution in [3.63, 3.8) is 0 Å². The van der Waals surface area contributed by atoms with E-state index >= 15 is 0 Å². The zero-order valence-corrected chi connectivity index (χ0v) is 11.3. The first-order chi connectivity index (χ1) is 8.41. The average Bonchev–Trinajstić information content (AvgIpc) is 2.76. The summed E-state index contributed by atoms with van der Waals surface area (Å²) in [4.78, 5) is 0. The van der Waals surface area contributed by atoms with Gasteiger partial charge in [-0.3, -0.25) is 0 Å². The number of nitrogens with zero attached hydrogens (tertiary/aromatic N) is 2. The van der Waals surface area contributed by atoms with Crippen molar-refractivity contribution in [1.82, 2.24) is 10.2 Å². The van der Waals surface area contributed by atoms with Crippen LogP contribution in [0.1, 0.15) is 37.8 Å². The molecular formula is C14H19N3O. The molecule has 0 atom stereocenters. The van der Waals surface area contributed by atoms with Crippen LogP contribution in [0.5, 0.6) is 0 Å². The summed E-state index contributed by atoms with van der Waals surface area (Å²) >= 11 is 0. The van der Waals surface area contributed by atoms with Gasteiger partial charge >= 0.3 is 0 Å². The van der Waals surface area contributed by atoms with Crippen LogP contribution in [0.15, 0.2) is 22.6 Å². The van der Waals surface area contributed by atoms with Crippen molar-refractivity contribution in [3.8, 4) is 11.5 Å². The molecule has 0 saturated carbocycles. The molecule has 0 radical (unpaired) electrons. The highest BCUT2D eigenvalue weighted by atomic mass is 16.4. The lowest BCUT2D eigenvalue weighted by Gasteiger charge is -2.20. The SMILES string of the molecule is Cc1cc(C(C)(C)C)ccc1-c1nnc(CN)o1. The van der Waals surface area contributed by atoms with Crippen LogP contribution in [0.4, 0.5) is 0 Å². The molecule has 1 aromatic heterocycles. The molecular weight excluding hydrogens is 226 g/mol. The minimum atomic E-state index is 0.139. The van der Waals surface area contributed by atoms with Gasteiger partial charge in [-0.05, 0) is 29.5 Å². The maximum absolute atomic E-state index is 5.48. The molecule has 18 heavy (non-hydrogen) atoms. The second-order valence-electron chi connectivity index (χ2n) is 5.48. The summed E-state index contributed by atoms with van der Waals surface area (Å²) in [5.74, 6) is 0.998. The Morgan fingerprint density at radius 3 is 2.44 bits per heavy atom. The molecule has 0 aliphatic heterocycles. The van der Waals surface area contributed by atoms with Crippen molar-refractivity contribution in [2.45, 2.75) is 39.7 Å². The van der Waals surface area contributed by atoms with Gasteiger partial charge in [0.1, 0.15) is 0 Å². The van der Waals surface area contributed by atoms with Crippen molar-refractivity contribution >= 4 is 0 Å². The predicted molar refractivity (Wildman–Crippen MR) is 71.1 cm³/mol. The van der Waals surface area contributed by atoms with E-state index in [4.69, 9.17) is 10.2 Å². The molecule has 0 unspecified atom stereocenters. The van der Waals surface area contributed by atoms with Crippen molar-refractivity contribution in [2.24, 2.45) is 5.73 Å².